The molecule has 0 fully saturated rings. The molecule has 2 aromatic heterocycles. The second-order valence-electron chi connectivity index (χ2n) is 4.35. The number of fused-ring (bicyclic) bond motifs is 3. The third kappa shape index (κ3) is 1.16. The van der Waals surface area contributed by atoms with Crippen LogP contribution in [0.15, 0.2) is 18.5 Å². The van der Waals surface area contributed by atoms with E-state index in [9.17, 15) is 4.79 Å². The van der Waals surface area contributed by atoms with Crippen LogP contribution in [-0.4, -0.2) is 27.4 Å². The van der Waals surface area contributed by atoms with Gasteiger partial charge in [0.05, 0.1) is 6.42 Å². The van der Waals surface area contributed by atoms with Crippen LogP contribution >= 0.6 is 0 Å². The summed E-state index contributed by atoms with van der Waals surface area (Å²) >= 11 is 0. The van der Waals surface area contributed by atoms with Crippen LogP contribution in [0.5, 0.6) is 0 Å². The van der Waals surface area contributed by atoms with Crippen LogP contribution in [0.2, 0.25) is 0 Å². The van der Waals surface area contributed by atoms with E-state index in [1.165, 1.54) is 5.56 Å². The first kappa shape index (κ1) is 9.39. The molecule has 0 N–H and O–H groups in total. The second kappa shape index (κ2) is 3.07. The van der Waals surface area contributed by atoms with Crippen LogP contribution in [0, 0.1) is 0 Å². The normalized spacial score (nSPS) is 15.6. The van der Waals surface area contributed by atoms with Gasteiger partial charge in [0.25, 0.3) is 0 Å². The summed E-state index contributed by atoms with van der Waals surface area (Å²) in [6.45, 7) is 0.673. The fourth-order valence-electron chi connectivity index (χ4n) is 2.28. The molecule has 1 aliphatic rings. The lowest BCUT2D eigenvalue weighted by Gasteiger charge is -2.25. The first-order chi connectivity index (χ1) is 7.66. The van der Waals surface area contributed by atoms with Gasteiger partial charge in [-0.3, -0.25) is 4.79 Å². The highest BCUT2D eigenvalue weighted by Crippen LogP contribution is 2.26. The highest BCUT2D eigenvalue weighted by atomic mass is 16.2. The van der Waals surface area contributed by atoms with Gasteiger partial charge in [-0.2, -0.15) is 0 Å². The zero-order valence-electron chi connectivity index (χ0n) is 9.40. The van der Waals surface area contributed by atoms with Crippen molar-refractivity contribution in [3.05, 3.63) is 29.6 Å². The number of rotatable bonds is 0. The Morgan fingerprint density at radius 2 is 2.19 bits per heavy atom. The molecule has 0 saturated carbocycles. The zero-order valence-corrected chi connectivity index (χ0v) is 9.40. The van der Waals surface area contributed by atoms with Crippen LogP contribution in [0.1, 0.15) is 11.1 Å². The maximum absolute atomic E-state index is 11.7. The van der Waals surface area contributed by atoms with Crippen LogP contribution in [0.25, 0.3) is 11.0 Å². The molecule has 1 aliphatic heterocycles. The Labute approximate surface area is 93.5 Å². The summed E-state index contributed by atoms with van der Waals surface area (Å²) < 4.78 is 1.98. The maximum atomic E-state index is 11.7. The minimum Gasteiger partial charge on any atom is -0.341 e. The van der Waals surface area contributed by atoms with E-state index in [0.29, 0.717) is 13.0 Å². The molecular weight excluding hydrogens is 202 g/mol. The first-order valence-corrected chi connectivity index (χ1v) is 5.32. The molecule has 0 atom stereocenters. The van der Waals surface area contributed by atoms with E-state index in [1.54, 1.807) is 4.90 Å². The lowest BCUT2D eigenvalue weighted by molar-refractivity contribution is -0.130. The average molecular weight is 215 g/mol. The molecule has 16 heavy (non-hydrogen) atoms. The molecule has 2 aromatic rings. The van der Waals surface area contributed by atoms with Gasteiger partial charge >= 0.3 is 0 Å². The molecule has 82 valence electrons. The van der Waals surface area contributed by atoms with Gasteiger partial charge in [0, 0.05) is 38.4 Å². The molecule has 0 bridgehead atoms. The van der Waals surface area contributed by atoms with E-state index < -0.39 is 0 Å². The SMILES string of the molecule is CN1Cc2cnc3c(ccn3C)c2CC1=O. The third-order valence-corrected chi connectivity index (χ3v) is 3.26. The summed E-state index contributed by atoms with van der Waals surface area (Å²) in [5.74, 6) is 0.184. The predicted octanol–water partition coefficient (Wildman–Crippen LogP) is 1.09. The van der Waals surface area contributed by atoms with Crippen molar-refractivity contribution in [2.75, 3.05) is 7.05 Å². The molecular formula is C12H13N3O. The fraction of sp³-hybridized carbons (Fsp3) is 0.333. The van der Waals surface area contributed by atoms with Gasteiger partial charge < -0.3 is 9.47 Å². The quantitative estimate of drug-likeness (QED) is 0.659. The molecule has 4 nitrogen and oxygen atoms in total. The minimum atomic E-state index is 0.184. The Morgan fingerprint density at radius 1 is 1.38 bits per heavy atom. The number of carbonyl (C=O) groups is 1. The van der Waals surface area contributed by atoms with Crippen molar-refractivity contribution < 1.29 is 4.79 Å². The van der Waals surface area contributed by atoms with Crippen molar-refractivity contribution in [3.63, 3.8) is 0 Å². The summed E-state index contributed by atoms with van der Waals surface area (Å²) in [5.41, 5.74) is 3.27. The van der Waals surface area contributed by atoms with E-state index in [2.05, 4.69) is 4.98 Å². The second-order valence-corrected chi connectivity index (χ2v) is 4.35. The smallest absolute Gasteiger partial charge is 0.227 e. The van der Waals surface area contributed by atoms with Gasteiger partial charge in [-0.15, -0.1) is 0 Å². The van der Waals surface area contributed by atoms with Crippen molar-refractivity contribution in [3.8, 4) is 0 Å². The number of aryl methyl sites for hydroxylation is 1. The van der Waals surface area contributed by atoms with Crippen molar-refractivity contribution in [2.45, 2.75) is 13.0 Å². The van der Waals surface area contributed by atoms with E-state index in [4.69, 9.17) is 0 Å². The summed E-state index contributed by atoms with van der Waals surface area (Å²) in [7, 11) is 3.80. The summed E-state index contributed by atoms with van der Waals surface area (Å²) in [6, 6.07) is 2.04. The molecule has 0 aliphatic carbocycles. The van der Waals surface area contributed by atoms with Crippen molar-refractivity contribution in [1.82, 2.24) is 14.5 Å². The lowest BCUT2D eigenvalue weighted by atomic mass is 9.99. The molecule has 0 saturated heterocycles. The van der Waals surface area contributed by atoms with Crippen LogP contribution in [0.4, 0.5) is 0 Å². The van der Waals surface area contributed by atoms with Crippen LogP contribution in [-0.2, 0) is 24.8 Å². The van der Waals surface area contributed by atoms with Crippen molar-refractivity contribution in [2.24, 2.45) is 7.05 Å². The number of carbonyl (C=O) groups excluding carboxylic acids is 1. The fourth-order valence-corrected chi connectivity index (χ4v) is 2.28. The number of hydrogen-bond acceptors (Lipinski definition) is 2. The van der Waals surface area contributed by atoms with E-state index in [-0.39, 0.29) is 5.91 Å². The Kier molecular flexibility index (Phi) is 1.80. The summed E-state index contributed by atoms with van der Waals surface area (Å²) in [5, 5.41) is 1.11. The van der Waals surface area contributed by atoms with Crippen molar-refractivity contribution in [1.29, 1.82) is 0 Å². The number of hydrogen-bond donors (Lipinski definition) is 0. The highest BCUT2D eigenvalue weighted by molar-refractivity contribution is 5.89. The number of pyridine rings is 1. The standard InChI is InChI=1S/C12H13N3O/c1-14-4-3-9-10-5-11(16)15(2)7-8(10)6-13-12(9)14/h3-4,6H,5,7H2,1-2H3. The molecule has 4 heteroatoms. The van der Waals surface area contributed by atoms with Crippen LogP contribution in [0.3, 0.4) is 0 Å². The van der Waals surface area contributed by atoms with E-state index in [0.717, 1.165) is 16.6 Å². The van der Waals surface area contributed by atoms with Gasteiger partial charge in [-0.25, -0.2) is 4.98 Å². The summed E-state index contributed by atoms with van der Waals surface area (Å²) in [6.07, 6.45) is 4.37. The number of aromatic nitrogens is 2. The monoisotopic (exact) mass is 215 g/mol. The number of nitrogens with zero attached hydrogens (tertiary/aromatic N) is 3. The molecule has 0 aromatic carbocycles. The first-order valence-electron chi connectivity index (χ1n) is 5.32. The highest BCUT2D eigenvalue weighted by Gasteiger charge is 2.22. The maximum Gasteiger partial charge on any atom is 0.227 e. The van der Waals surface area contributed by atoms with Gasteiger partial charge in [0.1, 0.15) is 5.65 Å². The van der Waals surface area contributed by atoms with Gasteiger partial charge in [-0.1, -0.05) is 0 Å². The Morgan fingerprint density at radius 3 is 3.00 bits per heavy atom. The van der Waals surface area contributed by atoms with Gasteiger partial charge in [-0.05, 0) is 17.2 Å². The molecule has 0 unspecified atom stereocenters. The molecule has 3 heterocycles. The Hall–Kier alpha value is -1.84. The van der Waals surface area contributed by atoms with Crippen molar-refractivity contribution >= 4 is 16.9 Å². The predicted molar refractivity (Wildman–Crippen MR) is 60.9 cm³/mol. The lowest BCUT2D eigenvalue weighted by Crippen LogP contribution is -2.32. The molecule has 3 rings (SSSR count). The largest absolute Gasteiger partial charge is 0.341 e. The number of likely N-dealkylation sites (N-methyl/N-ethyl adjacent to an activating group) is 1. The third-order valence-electron chi connectivity index (χ3n) is 3.26. The Bertz CT molecular complexity index is 585. The van der Waals surface area contributed by atoms with Gasteiger partial charge in [0.15, 0.2) is 0 Å². The van der Waals surface area contributed by atoms with E-state index in [1.807, 2.05) is 37.1 Å². The Balaban J connectivity index is 2.27. The zero-order chi connectivity index (χ0) is 11.3. The minimum absolute atomic E-state index is 0.184. The molecule has 0 radical (unpaired) electrons. The van der Waals surface area contributed by atoms with E-state index >= 15 is 0 Å². The summed E-state index contributed by atoms with van der Waals surface area (Å²) in [4.78, 5) is 17.9. The topological polar surface area (TPSA) is 38.1 Å². The van der Waals surface area contributed by atoms with Gasteiger partial charge in [0.2, 0.25) is 5.91 Å². The molecule has 0 spiro atoms. The van der Waals surface area contributed by atoms with Crippen LogP contribution < -0.4 is 0 Å². The number of amides is 1. The average Bonchev–Trinajstić information content (AvgIpc) is 2.63. The molecule has 1 amide bonds.